The summed E-state index contributed by atoms with van der Waals surface area (Å²) < 4.78 is 23.0. The highest BCUT2D eigenvalue weighted by Gasteiger charge is 2.33. The van der Waals surface area contributed by atoms with Gasteiger partial charge in [0.1, 0.15) is 0 Å². The molecule has 0 aliphatic carbocycles. The topological polar surface area (TPSA) is 54.5 Å². The molecule has 1 amide bonds. The van der Waals surface area contributed by atoms with E-state index >= 15 is 0 Å². The van der Waals surface area contributed by atoms with Crippen LogP contribution in [0.1, 0.15) is 52.4 Å². The normalized spacial score (nSPS) is 22.0. The summed E-state index contributed by atoms with van der Waals surface area (Å²) in [5.74, 6) is 0.527. The van der Waals surface area contributed by atoms with Crippen molar-refractivity contribution in [3.8, 4) is 0 Å². The van der Waals surface area contributed by atoms with Gasteiger partial charge < -0.3 is 4.90 Å². The molecule has 4 nitrogen and oxygen atoms in total. The van der Waals surface area contributed by atoms with E-state index in [0.717, 1.165) is 25.7 Å². The maximum atomic E-state index is 12.1. The Morgan fingerprint density at radius 2 is 1.94 bits per heavy atom. The summed E-state index contributed by atoms with van der Waals surface area (Å²) in [6.45, 7) is 4.82. The van der Waals surface area contributed by atoms with E-state index < -0.39 is 9.84 Å². The zero-order chi connectivity index (χ0) is 13.6. The van der Waals surface area contributed by atoms with E-state index in [-0.39, 0.29) is 23.5 Å². The molecule has 0 N–H and O–H groups in total. The highest BCUT2D eigenvalue weighted by Crippen LogP contribution is 2.19. The molecule has 1 atom stereocenters. The van der Waals surface area contributed by atoms with Gasteiger partial charge in [-0.1, -0.05) is 26.7 Å². The Morgan fingerprint density at radius 1 is 1.22 bits per heavy atom. The third-order valence-corrected chi connectivity index (χ3v) is 5.18. The van der Waals surface area contributed by atoms with Crippen LogP contribution in [0.4, 0.5) is 0 Å². The molecule has 0 radical (unpaired) electrons. The lowest BCUT2D eigenvalue weighted by Gasteiger charge is -2.28. The van der Waals surface area contributed by atoms with Gasteiger partial charge in [-0.2, -0.15) is 0 Å². The van der Waals surface area contributed by atoms with E-state index in [2.05, 4.69) is 6.92 Å². The largest absolute Gasteiger partial charge is 0.339 e. The van der Waals surface area contributed by atoms with Crippen LogP contribution < -0.4 is 0 Å². The zero-order valence-corrected chi connectivity index (χ0v) is 12.3. The van der Waals surface area contributed by atoms with Gasteiger partial charge in [0.15, 0.2) is 9.84 Å². The van der Waals surface area contributed by atoms with Crippen LogP contribution in [0.5, 0.6) is 0 Å². The first-order valence-electron chi connectivity index (χ1n) is 7.00. The molecule has 1 saturated heterocycles. The second-order valence-electron chi connectivity index (χ2n) is 5.10. The smallest absolute Gasteiger partial charge is 0.222 e. The zero-order valence-electron chi connectivity index (χ0n) is 11.5. The fourth-order valence-corrected chi connectivity index (χ4v) is 4.17. The molecule has 1 fully saturated rings. The second kappa shape index (κ2) is 7.12. The minimum atomic E-state index is -2.91. The summed E-state index contributed by atoms with van der Waals surface area (Å²) in [5, 5.41) is 0. The molecule has 1 aliphatic heterocycles. The molecule has 0 aromatic carbocycles. The van der Waals surface area contributed by atoms with Crippen LogP contribution in [0.15, 0.2) is 0 Å². The SMILES string of the molecule is CCCCCC(=O)N(CCC)C1CCS(=O)(=O)C1. The summed E-state index contributed by atoms with van der Waals surface area (Å²) in [7, 11) is -2.91. The number of rotatable bonds is 7. The van der Waals surface area contributed by atoms with E-state index in [1.54, 1.807) is 4.90 Å². The van der Waals surface area contributed by atoms with Crippen molar-refractivity contribution in [2.45, 2.75) is 58.4 Å². The average molecular weight is 275 g/mol. The number of sulfone groups is 1. The minimum Gasteiger partial charge on any atom is -0.339 e. The highest BCUT2D eigenvalue weighted by molar-refractivity contribution is 7.91. The van der Waals surface area contributed by atoms with Gasteiger partial charge in [0, 0.05) is 19.0 Å². The molecule has 1 aliphatic rings. The standard InChI is InChI=1S/C13H25NO3S/c1-3-5-6-7-13(15)14(9-4-2)12-8-10-18(16,17)11-12/h12H,3-11H2,1-2H3. The predicted octanol–water partition coefficient (Wildman–Crippen LogP) is 1.99. The Kier molecular flexibility index (Phi) is 6.12. The van der Waals surface area contributed by atoms with Crippen LogP contribution in [0.25, 0.3) is 0 Å². The lowest BCUT2D eigenvalue weighted by Crippen LogP contribution is -2.41. The molecule has 0 aromatic rings. The summed E-state index contributed by atoms with van der Waals surface area (Å²) >= 11 is 0. The number of hydrogen-bond acceptors (Lipinski definition) is 3. The molecule has 5 heteroatoms. The van der Waals surface area contributed by atoms with Crippen LogP contribution in [0, 0.1) is 0 Å². The van der Waals surface area contributed by atoms with Crippen molar-refractivity contribution in [2.75, 3.05) is 18.1 Å². The van der Waals surface area contributed by atoms with Crippen LogP contribution >= 0.6 is 0 Å². The monoisotopic (exact) mass is 275 g/mol. The first kappa shape index (κ1) is 15.5. The molecule has 1 unspecified atom stereocenters. The lowest BCUT2D eigenvalue weighted by atomic mass is 10.1. The van der Waals surface area contributed by atoms with Gasteiger partial charge in [-0.25, -0.2) is 8.42 Å². The molecule has 0 aromatic heterocycles. The van der Waals surface area contributed by atoms with Crippen LogP contribution in [0.2, 0.25) is 0 Å². The maximum absolute atomic E-state index is 12.1. The van der Waals surface area contributed by atoms with E-state index in [4.69, 9.17) is 0 Å². The van der Waals surface area contributed by atoms with Gasteiger partial charge in [-0.05, 0) is 19.3 Å². The van der Waals surface area contributed by atoms with E-state index in [1.165, 1.54) is 0 Å². The van der Waals surface area contributed by atoms with Gasteiger partial charge in [-0.3, -0.25) is 4.79 Å². The molecular formula is C13H25NO3S. The Balaban J connectivity index is 2.56. The molecule has 0 spiro atoms. The van der Waals surface area contributed by atoms with Crippen molar-refractivity contribution in [1.82, 2.24) is 4.90 Å². The quantitative estimate of drug-likeness (QED) is 0.668. The van der Waals surface area contributed by atoms with Crippen molar-refractivity contribution in [3.05, 3.63) is 0 Å². The molecule has 1 heterocycles. The van der Waals surface area contributed by atoms with Crippen LogP contribution in [-0.2, 0) is 14.6 Å². The highest BCUT2D eigenvalue weighted by atomic mass is 32.2. The van der Waals surface area contributed by atoms with Crippen molar-refractivity contribution < 1.29 is 13.2 Å². The van der Waals surface area contributed by atoms with Gasteiger partial charge in [0.2, 0.25) is 5.91 Å². The van der Waals surface area contributed by atoms with E-state index in [0.29, 0.717) is 19.4 Å². The molecule has 0 bridgehead atoms. The fourth-order valence-electron chi connectivity index (χ4n) is 2.44. The van der Waals surface area contributed by atoms with Crippen LogP contribution in [-0.4, -0.2) is 43.3 Å². The Labute approximate surface area is 111 Å². The van der Waals surface area contributed by atoms with Crippen molar-refractivity contribution in [3.63, 3.8) is 0 Å². The Bertz CT molecular complexity index is 364. The van der Waals surface area contributed by atoms with Gasteiger partial charge >= 0.3 is 0 Å². The molecule has 0 saturated carbocycles. The van der Waals surface area contributed by atoms with Gasteiger partial charge in [-0.15, -0.1) is 0 Å². The Morgan fingerprint density at radius 3 is 2.44 bits per heavy atom. The number of nitrogens with zero attached hydrogens (tertiary/aromatic N) is 1. The van der Waals surface area contributed by atoms with Gasteiger partial charge in [0.25, 0.3) is 0 Å². The fraction of sp³-hybridized carbons (Fsp3) is 0.923. The number of amides is 1. The number of carbonyl (C=O) groups excluding carboxylic acids is 1. The summed E-state index contributed by atoms with van der Waals surface area (Å²) in [6.07, 6.45) is 5.13. The summed E-state index contributed by atoms with van der Waals surface area (Å²) in [5.41, 5.74) is 0. The average Bonchev–Trinajstić information content (AvgIpc) is 2.66. The van der Waals surface area contributed by atoms with E-state index in [9.17, 15) is 13.2 Å². The first-order valence-corrected chi connectivity index (χ1v) is 8.82. The molecule has 106 valence electrons. The van der Waals surface area contributed by atoms with Crippen molar-refractivity contribution in [1.29, 1.82) is 0 Å². The second-order valence-corrected chi connectivity index (χ2v) is 7.33. The lowest BCUT2D eigenvalue weighted by molar-refractivity contribution is -0.133. The number of unbranched alkanes of at least 4 members (excludes halogenated alkanes) is 2. The Hall–Kier alpha value is -0.580. The van der Waals surface area contributed by atoms with Crippen LogP contribution in [0.3, 0.4) is 0 Å². The minimum absolute atomic E-state index is 0.0796. The number of hydrogen-bond donors (Lipinski definition) is 0. The summed E-state index contributed by atoms with van der Waals surface area (Å²) in [6, 6.07) is -0.0796. The molecule has 1 rings (SSSR count). The third-order valence-electron chi connectivity index (χ3n) is 3.43. The summed E-state index contributed by atoms with van der Waals surface area (Å²) in [4.78, 5) is 13.9. The van der Waals surface area contributed by atoms with Crippen molar-refractivity contribution >= 4 is 15.7 Å². The van der Waals surface area contributed by atoms with E-state index in [1.807, 2.05) is 6.92 Å². The first-order chi connectivity index (χ1) is 8.50. The van der Waals surface area contributed by atoms with Gasteiger partial charge in [0.05, 0.1) is 11.5 Å². The third kappa shape index (κ3) is 4.59. The maximum Gasteiger partial charge on any atom is 0.222 e. The van der Waals surface area contributed by atoms with Crippen molar-refractivity contribution in [2.24, 2.45) is 0 Å². The molecular weight excluding hydrogens is 250 g/mol. The predicted molar refractivity (Wildman–Crippen MR) is 73.2 cm³/mol. The number of carbonyl (C=O) groups is 1. The molecule has 18 heavy (non-hydrogen) atoms.